The number of carbonyl (C=O) groups is 1. The van der Waals surface area contributed by atoms with Crippen molar-refractivity contribution in [2.24, 2.45) is 0 Å². The summed E-state index contributed by atoms with van der Waals surface area (Å²) in [6, 6.07) is 15.3. The van der Waals surface area contributed by atoms with Crippen molar-refractivity contribution in [2.75, 3.05) is 17.7 Å². The van der Waals surface area contributed by atoms with Crippen LogP contribution in [0, 0.1) is 0 Å². The van der Waals surface area contributed by atoms with Crippen LogP contribution in [0.15, 0.2) is 53.0 Å². The fourth-order valence-electron chi connectivity index (χ4n) is 1.87. The molecule has 3 N–H and O–H groups in total. The second-order valence-electron chi connectivity index (χ2n) is 4.69. The van der Waals surface area contributed by atoms with Crippen molar-refractivity contribution < 1.29 is 4.79 Å². The first kappa shape index (κ1) is 15.5. The lowest BCUT2D eigenvalue weighted by molar-refractivity contribution is 0.262. The summed E-state index contributed by atoms with van der Waals surface area (Å²) in [7, 11) is 1.92. The Labute approximate surface area is 133 Å². The molecule has 2 amide bonds. The van der Waals surface area contributed by atoms with Gasteiger partial charge in [-0.3, -0.25) is 0 Å². The number of rotatable bonds is 4. The first-order valence-corrected chi connectivity index (χ1v) is 7.49. The first-order valence-electron chi connectivity index (χ1n) is 6.70. The summed E-state index contributed by atoms with van der Waals surface area (Å²) < 4.78 is 0.846. The summed E-state index contributed by atoms with van der Waals surface area (Å²) in [5.41, 5.74) is 2.66. The molecule has 2 aromatic rings. The van der Waals surface area contributed by atoms with Crippen molar-refractivity contribution in [2.45, 2.75) is 13.0 Å². The third kappa shape index (κ3) is 4.31. The van der Waals surface area contributed by atoms with E-state index in [-0.39, 0.29) is 12.1 Å². The standard InChI is InChI=1S/C16H18BrN3O/c1-11(18-2)12-7-9-13(10-8-12)19-16(21)20-15-6-4-3-5-14(15)17/h3-11,18H,1-2H3,(H2,19,20,21). The third-order valence-electron chi connectivity index (χ3n) is 3.22. The second-order valence-corrected chi connectivity index (χ2v) is 5.55. The van der Waals surface area contributed by atoms with E-state index in [9.17, 15) is 4.79 Å². The summed E-state index contributed by atoms with van der Waals surface area (Å²) in [4.78, 5) is 12.0. The van der Waals surface area contributed by atoms with Crippen LogP contribution in [0.3, 0.4) is 0 Å². The average Bonchev–Trinajstić information content (AvgIpc) is 2.49. The maximum absolute atomic E-state index is 12.0. The highest BCUT2D eigenvalue weighted by Gasteiger charge is 2.06. The zero-order valence-electron chi connectivity index (χ0n) is 12.0. The molecule has 2 rings (SSSR count). The maximum atomic E-state index is 12.0. The lowest BCUT2D eigenvalue weighted by Gasteiger charge is -2.12. The van der Waals surface area contributed by atoms with Gasteiger partial charge in [0.1, 0.15) is 0 Å². The molecular weight excluding hydrogens is 330 g/mol. The molecule has 0 saturated heterocycles. The molecule has 0 aliphatic rings. The van der Waals surface area contributed by atoms with Gasteiger partial charge in [-0.15, -0.1) is 0 Å². The van der Waals surface area contributed by atoms with Crippen LogP contribution in [0.1, 0.15) is 18.5 Å². The first-order chi connectivity index (χ1) is 10.1. The van der Waals surface area contributed by atoms with Gasteiger partial charge in [0.05, 0.1) is 5.69 Å². The minimum absolute atomic E-state index is 0.267. The lowest BCUT2D eigenvalue weighted by atomic mass is 10.1. The predicted molar refractivity (Wildman–Crippen MR) is 90.7 cm³/mol. The Hall–Kier alpha value is -1.85. The second kappa shape index (κ2) is 7.24. The van der Waals surface area contributed by atoms with Crippen LogP contribution in [-0.4, -0.2) is 13.1 Å². The Kier molecular flexibility index (Phi) is 5.36. The smallest absolute Gasteiger partial charge is 0.313 e. The summed E-state index contributed by atoms with van der Waals surface area (Å²) in [5.74, 6) is 0. The Bertz CT molecular complexity index is 613. The van der Waals surface area contributed by atoms with E-state index >= 15 is 0 Å². The van der Waals surface area contributed by atoms with Crippen molar-refractivity contribution >= 4 is 33.3 Å². The van der Waals surface area contributed by atoms with Crippen molar-refractivity contribution in [1.82, 2.24) is 5.32 Å². The number of nitrogens with one attached hydrogen (secondary N) is 3. The van der Waals surface area contributed by atoms with Gasteiger partial charge in [-0.2, -0.15) is 0 Å². The molecule has 0 aliphatic carbocycles. The molecule has 1 unspecified atom stereocenters. The minimum Gasteiger partial charge on any atom is -0.313 e. The van der Waals surface area contributed by atoms with Gasteiger partial charge in [0, 0.05) is 16.2 Å². The van der Waals surface area contributed by atoms with E-state index in [1.807, 2.05) is 55.6 Å². The zero-order chi connectivity index (χ0) is 15.2. The van der Waals surface area contributed by atoms with Crippen molar-refractivity contribution in [1.29, 1.82) is 0 Å². The fraction of sp³-hybridized carbons (Fsp3) is 0.188. The van der Waals surface area contributed by atoms with E-state index in [0.29, 0.717) is 0 Å². The van der Waals surface area contributed by atoms with Gasteiger partial charge < -0.3 is 16.0 Å². The number of hydrogen-bond acceptors (Lipinski definition) is 2. The summed E-state index contributed by atoms with van der Waals surface area (Å²) >= 11 is 3.39. The zero-order valence-corrected chi connectivity index (χ0v) is 13.6. The SMILES string of the molecule is CNC(C)c1ccc(NC(=O)Nc2ccccc2Br)cc1. The van der Waals surface area contributed by atoms with Crippen LogP contribution in [0.5, 0.6) is 0 Å². The molecule has 0 aliphatic heterocycles. The highest BCUT2D eigenvalue weighted by Crippen LogP contribution is 2.21. The average molecular weight is 348 g/mol. The number of para-hydroxylation sites is 1. The van der Waals surface area contributed by atoms with Crippen molar-refractivity contribution in [3.8, 4) is 0 Å². The van der Waals surface area contributed by atoms with Gasteiger partial charge >= 0.3 is 6.03 Å². The van der Waals surface area contributed by atoms with Crippen LogP contribution in [0.4, 0.5) is 16.2 Å². The predicted octanol–water partition coefficient (Wildman–Crippen LogP) is 4.37. The Morgan fingerprint density at radius 2 is 1.71 bits per heavy atom. The highest BCUT2D eigenvalue weighted by molar-refractivity contribution is 9.10. The van der Waals surface area contributed by atoms with Gasteiger partial charge in [-0.1, -0.05) is 24.3 Å². The molecule has 4 nitrogen and oxygen atoms in total. The molecule has 21 heavy (non-hydrogen) atoms. The van der Waals surface area contributed by atoms with E-state index in [4.69, 9.17) is 0 Å². The Morgan fingerprint density at radius 1 is 1.05 bits per heavy atom. The van der Waals surface area contributed by atoms with Gasteiger partial charge in [-0.25, -0.2) is 4.79 Å². The Balaban J connectivity index is 1.98. The van der Waals surface area contributed by atoms with Crippen LogP contribution >= 0.6 is 15.9 Å². The van der Waals surface area contributed by atoms with Gasteiger partial charge in [0.25, 0.3) is 0 Å². The quantitative estimate of drug-likeness (QED) is 0.768. The number of urea groups is 1. The molecule has 110 valence electrons. The van der Waals surface area contributed by atoms with Crippen LogP contribution < -0.4 is 16.0 Å². The largest absolute Gasteiger partial charge is 0.323 e. The minimum atomic E-state index is -0.267. The number of anilines is 2. The molecule has 0 fully saturated rings. The maximum Gasteiger partial charge on any atom is 0.323 e. The van der Waals surface area contributed by atoms with E-state index in [1.165, 1.54) is 5.56 Å². The number of benzene rings is 2. The molecule has 0 heterocycles. The number of hydrogen-bond donors (Lipinski definition) is 3. The van der Waals surface area contributed by atoms with Crippen LogP contribution in [0.2, 0.25) is 0 Å². The van der Waals surface area contributed by atoms with E-state index < -0.39 is 0 Å². The van der Waals surface area contributed by atoms with Gasteiger partial charge in [-0.05, 0) is 59.7 Å². The topological polar surface area (TPSA) is 53.2 Å². The number of amides is 2. The molecule has 1 atom stereocenters. The third-order valence-corrected chi connectivity index (χ3v) is 3.92. The molecule has 0 spiro atoms. The van der Waals surface area contributed by atoms with Crippen molar-refractivity contribution in [3.05, 3.63) is 58.6 Å². The van der Waals surface area contributed by atoms with E-state index in [0.717, 1.165) is 15.8 Å². The molecular formula is C16H18BrN3O. The normalized spacial score (nSPS) is 11.8. The summed E-state index contributed by atoms with van der Waals surface area (Å²) in [6.07, 6.45) is 0. The summed E-state index contributed by atoms with van der Waals surface area (Å²) in [6.45, 7) is 2.09. The molecule has 5 heteroatoms. The monoisotopic (exact) mass is 347 g/mol. The lowest BCUT2D eigenvalue weighted by Crippen LogP contribution is -2.19. The number of halogens is 1. The fourth-order valence-corrected chi connectivity index (χ4v) is 2.25. The summed E-state index contributed by atoms with van der Waals surface area (Å²) in [5, 5.41) is 8.78. The van der Waals surface area contributed by atoms with Gasteiger partial charge in [0.15, 0.2) is 0 Å². The molecule has 0 bridgehead atoms. The van der Waals surface area contributed by atoms with Crippen molar-refractivity contribution in [3.63, 3.8) is 0 Å². The molecule has 0 saturated carbocycles. The molecule has 2 aromatic carbocycles. The number of carbonyl (C=O) groups excluding carboxylic acids is 1. The van der Waals surface area contributed by atoms with E-state index in [2.05, 4.69) is 38.8 Å². The van der Waals surface area contributed by atoms with E-state index in [1.54, 1.807) is 0 Å². The van der Waals surface area contributed by atoms with Gasteiger partial charge in [0.2, 0.25) is 0 Å². The van der Waals surface area contributed by atoms with Crippen LogP contribution in [0.25, 0.3) is 0 Å². The molecule has 0 radical (unpaired) electrons. The Morgan fingerprint density at radius 3 is 2.33 bits per heavy atom. The highest BCUT2D eigenvalue weighted by atomic mass is 79.9. The van der Waals surface area contributed by atoms with Crippen LogP contribution in [-0.2, 0) is 0 Å². The molecule has 0 aromatic heterocycles.